The molecule has 0 radical (unpaired) electrons. The van der Waals surface area contributed by atoms with Crippen LogP contribution >= 0.6 is 11.6 Å². The molecule has 3 aromatic rings. The standard InChI is InChI=1S/C23H22ClNO9S/c1-31-15-3-6-17(7-4-15)35(29,30)25-19-11-14(23(27)28)12-21(33-10-9-26)22(19)34-20-13-16(32-2)5-8-18(20)24/h3-8,11-13,25-26H,9-10H2,1-2H3,(H,27,28)/p-1. The summed E-state index contributed by atoms with van der Waals surface area (Å²) in [4.78, 5) is 11.5. The molecule has 0 unspecified atom stereocenters. The Kier molecular flexibility index (Phi) is 8.28. The van der Waals surface area contributed by atoms with Gasteiger partial charge in [0.25, 0.3) is 10.0 Å². The molecule has 3 aromatic carbocycles. The summed E-state index contributed by atoms with van der Waals surface area (Å²) >= 11 is 6.24. The summed E-state index contributed by atoms with van der Waals surface area (Å²) in [7, 11) is -1.34. The third kappa shape index (κ3) is 6.27. The van der Waals surface area contributed by atoms with E-state index < -0.39 is 28.2 Å². The number of halogens is 1. The molecule has 3 rings (SSSR count). The third-order valence-corrected chi connectivity index (χ3v) is 6.30. The summed E-state index contributed by atoms with van der Waals surface area (Å²) in [5.74, 6) is -1.04. The normalized spacial score (nSPS) is 11.0. The monoisotopic (exact) mass is 522 g/mol. The summed E-state index contributed by atoms with van der Waals surface area (Å²) in [6.45, 7) is -0.634. The highest BCUT2D eigenvalue weighted by molar-refractivity contribution is 7.92. The van der Waals surface area contributed by atoms with E-state index in [2.05, 4.69) is 4.72 Å². The molecule has 0 aromatic heterocycles. The smallest absolute Gasteiger partial charge is 0.262 e. The van der Waals surface area contributed by atoms with Crippen molar-refractivity contribution in [2.45, 2.75) is 4.90 Å². The van der Waals surface area contributed by atoms with E-state index in [4.69, 9.17) is 30.5 Å². The van der Waals surface area contributed by atoms with Crippen molar-refractivity contribution >= 4 is 33.3 Å². The van der Waals surface area contributed by atoms with Gasteiger partial charge >= 0.3 is 0 Å². The Morgan fingerprint density at radius 3 is 2.26 bits per heavy atom. The second kappa shape index (κ2) is 11.2. The number of rotatable bonds is 11. The lowest BCUT2D eigenvalue weighted by Crippen LogP contribution is -2.23. The number of anilines is 1. The first kappa shape index (κ1) is 25.9. The molecule has 35 heavy (non-hydrogen) atoms. The van der Waals surface area contributed by atoms with Gasteiger partial charge < -0.3 is 34.0 Å². The van der Waals surface area contributed by atoms with Crippen molar-refractivity contribution in [3.63, 3.8) is 0 Å². The van der Waals surface area contributed by atoms with Crippen molar-refractivity contribution in [3.05, 3.63) is 65.2 Å². The minimum absolute atomic E-state index is 0.0750. The lowest BCUT2D eigenvalue weighted by atomic mass is 10.1. The number of sulfonamides is 1. The number of aromatic carboxylic acids is 1. The van der Waals surface area contributed by atoms with Crippen LogP contribution in [0.15, 0.2) is 59.5 Å². The number of carboxylic acids is 1. The molecule has 0 heterocycles. The van der Waals surface area contributed by atoms with Gasteiger partial charge in [-0.1, -0.05) is 11.6 Å². The van der Waals surface area contributed by atoms with Gasteiger partial charge in [-0.2, -0.15) is 0 Å². The van der Waals surface area contributed by atoms with E-state index in [0.717, 1.165) is 12.1 Å². The largest absolute Gasteiger partial charge is 0.545 e. The summed E-state index contributed by atoms with van der Waals surface area (Å²) < 4.78 is 50.0. The van der Waals surface area contributed by atoms with Gasteiger partial charge in [0.2, 0.25) is 0 Å². The Morgan fingerprint density at radius 2 is 1.66 bits per heavy atom. The maximum Gasteiger partial charge on any atom is 0.262 e. The Labute approximate surface area is 206 Å². The number of methoxy groups -OCH3 is 2. The van der Waals surface area contributed by atoms with E-state index in [1.54, 1.807) is 6.07 Å². The van der Waals surface area contributed by atoms with Crippen LogP contribution in [0.5, 0.6) is 28.7 Å². The summed E-state index contributed by atoms with van der Waals surface area (Å²) in [6.07, 6.45) is 0. The van der Waals surface area contributed by atoms with E-state index in [9.17, 15) is 23.4 Å². The molecular weight excluding hydrogens is 502 g/mol. The zero-order valence-corrected chi connectivity index (χ0v) is 20.2. The van der Waals surface area contributed by atoms with E-state index in [1.807, 2.05) is 0 Å². The molecule has 0 amide bonds. The van der Waals surface area contributed by atoms with E-state index >= 15 is 0 Å². The predicted octanol–water partition coefficient (Wildman–Crippen LogP) is 2.68. The second-order valence-corrected chi connectivity index (χ2v) is 8.98. The molecule has 0 aliphatic heterocycles. The van der Waals surface area contributed by atoms with Crippen molar-refractivity contribution in [3.8, 4) is 28.7 Å². The number of nitrogens with one attached hydrogen (secondary N) is 1. The Morgan fingerprint density at radius 1 is 1.00 bits per heavy atom. The summed E-state index contributed by atoms with van der Waals surface area (Å²) in [5, 5.41) is 21.0. The highest BCUT2D eigenvalue weighted by atomic mass is 35.5. The lowest BCUT2D eigenvalue weighted by molar-refractivity contribution is -0.255. The van der Waals surface area contributed by atoms with Gasteiger partial charge in [0.05, 0.1) is 42.4 Å². The molecular formula is C23H21ClNO9S-. The fraction of sp³-hybridized carbons (Fsp3) is 0.174. The molecule has 0 fully saturated rings. The maximum absolute atomic E-state index is 13.1. The summed E-state index contributed by atoms with van der Waals surface area (Å²) in [6, 6.07) is 12.2. The zero-order valence-electron chi connectivity index (χ0n) is 18.6. The van der Waals surface area contributed by atoms with Gasteiger partial charge in [-0.25, -0.2) is 8.42 Å². The van der Waals surface area contributed by atoms with Gasteiger partial charge in [0.15, 0.2) is 11.5 Å². The minimum atomic E-state index is -4.22. The molecule has 0 bridgehead atoms. The van der Waals surface area contributed by atoms with Gasteiger partial charge in [-0.15, -0.1) is 0 Å². The maximum atomic E-state index is 13.1. The minimum Gasteiger partial charge on any atom is -0.545 e. The molecule has 0 atom stereocenters. The number of hydrogen-bond donors (Lipinski definition) is 2. The first-order chi connectivity index (χ1) is 16.7. The fourth-order valence-corrected chi connectivity index (χ4v) is 4.13. The number of hydrogen-bond acceptors (Lipinski definition) is 9. The van der Waals surface area contributed by atoms with E-state index in [0.29, 0.717) is 11.5 Å². The average Bonchev–Trinajstić information content (AvgIpc) is 2.84. The molecule has 0 saturated heterocycles. The molecule has 0 saturated carbocycles. The number of aliphatic hydroxyl groups is 1. The molecule has 0 spiro atoms. The number of ether oxygens (including phenoxy) is 4. The zero-order chi connectivity index (χ0) is 25.6. The predicted molar refractivity (Wildman–Crippen MR) is 125 cm³/mol. The van der Waals surface area contributed by atoms with Crippen molar-refractivity contribution < 1.29 is 42.4 Å². The van der Waals surface area contributed by atoms with Crippen LogP contribution in [0.2, 0.25) is 5.02 Å². The summed E-state index contributed by atoms with van der Waals surface area (Å²) in [5.41, 5.74) is -0.663. The van der Waals surface area contributed by atoms with Crippen LogP contribution in [0.25, 0.3) is 0 Å². The van der Waals surface area contributed by atoms with Crippen LogP contribution in [0, 0.1) is 0 Å². The molecule has 186 valence electrons. The Hall–Kier alpha value is -3.67. The molecule has 0 aliphatic rings. The van der Waals surface area contributed by atoms with Crippen molar-refractivity contribution in [2.24, 2.45) is 0 Å². The molecule has 12 heteroatoms. The number of carboxylic acid groups (broad SMARTS) is 1. The van der Waals surface area contributed by atoms with Crippen molar-refractivity contribution in [2.75, 3.05) is 32.2 Å². The van der Waals surface area contributed by atoms with Crippen molar-refractivity contribution in [1.82, 2.24) is 0 Å². The van der Waals surface area contributed by atoms with Crippen LogP contribution in [0.1, 0.15) is 10.4 Å². The van der Waals surface area contributed by atoms with Crippen LogP contribution in [-0.2, 0) is 10.0 Å². The van der Waals surface area contributed by atoms with Crippen LogP contribution < -0.4 is 28.8 Å². The number of benzene rings is 3. The fourth-order valence-electron chi connectivity index (χ4n) is 2.92. The van der Waals surface area contributed by atoms with Gasteiger partial charge in [0, 0.05) is 11.6 Å². The van der Waals surface area contributed by atoms with Crippen LogP contribution in [-0.4, -0.2) is 46.9 Å². The van der Waals surface area contributed by atoms with Gasteiger partial charge in [-0.3, -0.25) is 4.72 Å². The second-order valence-electron chi connectivity index (χ2n) is 6.89. The molecule has 10 nitrogen and oxygen atoms in total. The average molecular weight is 523 g/mol. The van der Waals surface area contributed by atoms with Gasteiger partial charge in [0.1, 0.15) is 23.9 Å². The SMILES string of the molecule is COc1ccc(S(=O)(=O)Nc2cc(C(=O)[O-])cc(OCCO)c2Oc2cc(OC)ccc2Cl)cc1. The number of carbonyl (C=O) groups excluding carboxylic acids is 1. The topological polar surface area (TPSA) is 143 Å². The highest BCUT2D eigenvalue weighted by Gasteiger charge is 2.23. The van der Waals surface area contributed by atoms with Crippen LogP contribution in [0.3, 0.4) is 0 Å². The van der Waals surface area contributed by atoms with Crippen molar-refractivity contribution in [1.29, 1.82) is 0 Å². The lowest BCUT2D eigenvalue weighted by Gasteiger charge is -2.20. The molecule has 0 aliphatic carbocycles. The Bertz CT molecular complexity index is 1310. The quantitative estimate of drug-likeness (QED) is 0.388. The Balaban J connectivity index is 2.15. The molecule has 2 N–H and O–H groups in total. The van der Waals surface area contributed by atoms with Crippen LogP contribution in [0.4, 0.5) is 5.69 Å². The van der Waals surface area contributed by atoms with E-state index in [1.165, 1.54) is 50.6 Å². The first-order valence-corrected chi connectivity index (χ1v) is 11.9. The third-order valence-electron chi connectivity index (χ3n) is 4.60. The number of carbonyl (C=O) groups is 1. The van der Waals surface area contributed by atoms with E-state index in [-0.39, 0.29) is 39.5 Å². The van der Waals surface area contributed by atoms with Gasteiger partial charge in [-0.05, 0) is 48.5 Å². The first-order valence-electron chi connectivity index (χ1n) is 9.99. The number of aliphatic hydroxyl groups excluding tert-OH is 1. The highest BCUT2D eigenvalue weighted by Crippen LogP contribution is 2.43.